The summed E-state index contributed by atoms with van der Waals surface area (Å²) in [6.07, 6.45) is 0. The Morgan fingerprint density at radius 3 is 2.21 bits per heavy atom. The van der Waals surface area contributed by atoms with E-state index in [9.17, 15) is 13.6 Å². The number of para-hydroxylation sites is 2. The number of hydrogen-bond acceptors (Lipinski definition) is 3. The highest BCUT2D eigenvalue weighted by Crippen LogP contribution is 2.29. The smallest absolute Gasteiger partial charge is 0.250 e. The first-order valence-electron chi connectivity index (χ1n) is 5.44. The van der Waals surface area contributed by atoms with E-state index in [1.54, 1.807) is 42.5 Å². The van der Waals surface area contributed by atoms with Crippen molar-refractivity contribution in [2.75, 3.05) is 4.31 Å². The number of benzene rings is 2. The molecule has 0 aliphatic heterocycles. The second-order valence-corrected chi connectivity index (χ2v) is 4.53. The molecule has 98 valence electrons. The van der Waals surface area contributed by atoms with E-state index in [0.717, 1.165) is 4.31 Å². The van der Waals surface area contributed by atoms with Gasteiger partial charge in [-0.05, 0) is 24.3 Å². The van der Waals surface area contributed by atoms with Crippen LogP contribution in [0.25, 0.3) is 0 Å². The Morgan fingerprint density at radius 1 is 1.05 bits per heavy atom. The van der Waals surface area contributed by atoms with Crippen LogP contribution in [0, 0.1) is 0 Å². The molecule has 0 aliphatic carbocycles. The molecule has 0 saturated heterocycles. The summed E-state index contributed by atoms with van der Waals surface area (Å²) in [5.74, 6) is -0.679. The van der Waals surface area contributed by atoms with Crippen LogP contribution in [0.3, 0.4) is 0 Å². The monoisotopic (exact) mass is 275 g/mol. The van der Waals surface area contributed by atoms with Crippen LogP contribution in [-0.4, -0.2) is 14.7 Å². The van der Waals surface area contributed by atoms with Crippen molar-refractivity contribution in [1.29, 1.82) is 0 Å². The fourth-order valence-electron chi connectivity index (χ4n) is 1.73. The van der Waals surface area contributed by atoms with E-state index in [2.05, 4.69) is 0 Å². The molecule has 1 atom stereocenters. The third-order valence-corrected chi connectivity index (χ3v) is 3.23. The van der Waals surface area contributed by atoms with Gasteiger partial charge in [0.2, 0.25) is 0 Å². The third-order valence-electron chi connectivity index (χ3n) is 2.53. The number of amides is 1. The number of primary amides is 1. The summed E-state index contributed by atoms with van der Waals surface area (Å²) in [5, 5.41) is 0. The first kappa shape index (κ1) is 13.3. The van der Waals surface area contributed by atoms with Gasteiger partial charge in [0.05, 0.1) is 28.2 Å². The molecule has 19 heavy (non-hydrogen) atoms. The van der Waals surface area contributed by atoms with Crippen LogP contribution in [0.4, 0.5) is 11.4 Å². The minimum Gasteiger partial charge on any atom is -0.755 e. The fourth-order valence-corrected chi connectivity index (χ4v) is 2.34. The Hall–Kier alpha value is -2.18. The standard InChI is InChI=1S/C13H12N2O3S/c14-13(16)11-8-4-5-9-12(11)15(19(17)18)10-6-2-1-3-7-10/h1-9H,(H2,14,16)(H,17,18)/p-1. The number of carbonyl (C=O) groups is 1. The lowest BCUT2D eigenvalue weighted by Gasteiger charge is -2.27. The number of nitrogens with zero attached hydrogens (tertiary/aromatic N) is 1. The summed E-state index contributed by atoms with van der Waals surface area (Å²) in [4.78, 5) is 11.4. The molecule has 0 bridgehead atoms. The molecule has 0 spiro atoms. The minimum absolute atomic E-state index is 0.149. The number of rotatable bonds is 4. The van der Waals surface area contributed by atoms with Crippen LogP contribution in [0.1, 0.15) is 10.4 Å². The van der Waals surface area contributed by atoms with Gasteiger partial charge in [-0.15, -0.1) is 0 Å². The van der Waals surface area contributed by atoms with Crippen molar-refractivity contribution in [3.63, 3.8) is 0 Å². The van der Waals surface area contributed by atoms with E-state index in [0.29, 0.717) is 5.69 Å². The lowest BCUT2D eigenvalue weighted by atomic mass is 10.1. The first-order valence-corrected chi connectivity index (χ1v) is 6.48. The molecule has 0 radical (unpaired) electrons. The lowest BCUT2D eigenvalue weighted by Crippen LogP contribution is -2.23. The predicted molar refractivity (Wildman–Crippen MR) is 72.5 cm³/mol. The van der Waals surface area contributed by atoms with Gasteiger partial charge in [-0.3, -0.25) is 13.3 Å². The Kier molecular flexibility index (Phi) is 3.94. The van der Waals surface area contributed by atoms with E-state index in [-0.39, 0.29) is 11.3 Å². The van der Waals surface area contributed by atoms with Crippen molar-refractivity contribution in [1.82, 2.24) is 0 Å². The summed E-state index contributed by atoms with van der Waals surface area (Å²) in [7, 11) is 0. The molecule has 0 saturated carbocycles. The van der Waals surface area contributed by atoms with Crippen molar-refractivity contribution in [3.05, 3.63) is 60.2 Å². The Balaban J connectivity index is 2.59. The molecule has 2 aromatic rings. The lowest BCUT2D eigenvalue weighted by molar-refractivity contribution is 0.100. The molecule has 5 nitrogen and oxygen atoms in total. The summed E-state index contributed by atoms with van der Waals surface area (Å²) in [5.41, 5.74) is 6.08. The molecule has 2 N–H and O–H groups in total. The zero-order valence-electron chi connectivity index (χ0n) is 9.85. The van der Waals surface area contributed by atoms with Crippen molar-refractivity contribution in [3.8, 4) is 0 Å². The maximum atomic E-state index is 11.4. The highest BCUT2D eigenvalue weighted by Gasteiger charge is 2.16. The van der Waals surface area contributed by atoms with Crippen molar-refractivity contribution in [2.45, 2.75) is 0 Å². The second kappa shape index (κ2) is 5.64. The average molecular weight is 275 g/mol. The van der Waals surface area contributed by atoms with E-state index in [4.69, 9.17) is 5.73 Å². The number of hydrogen-bond donors (Lipinski definition) is 1. The van der Waals surface area contributed by atoms with Crippen LogP contribution >= 0.6 is 0 Å². The SMILES string of the molecule is NC(=O)c1ccccc1N(c1ccccc1)S(=O)[O-]. The van der Waals surface area contributed by atoms with Crippen molar-refractivity contribution in [2.24, 2.45) is 5.73 Å². The van der Waals surface area contributed by atoms with E-state index < -0.39 is 17.2 Å². The normalized spacial score (nSPS) is 11.8. The largest absolute Gasteiger partial charge is 0.755 e. The second-order valence-electron chi connectivity index (χ2n) is 3.73. The number of carbonyl (C=O) groups excluding carboxylic acids is 1. The summed E-state index contributed by atoms with van der Waals surface area (Å²) in [6, 6.07) is 14.7. The summed E-state index contributed by atoms with van der Waals surface area (Å²) >= 11 is -2.56. The maximum absolute atomic E-state index is 11.4. The zero-order valence-corrected chi connectivity index (χ0v) is 10.7. The van der Waals surface area contributed by atoms with Gasteiger partial charge in [-0.25, -0.2) is 0 Å². The van der Waals surface area contributed by atoms with E-state index in [1.165, 1.54) is 12.1 Å². The quantitative estimate of drug-likeness (QED) is 0.862. The molecular formula is C13H11N2O3S-. The van der Waals surface area contributed by atoms with Crippen LogP contribution in [0.5, 0.6) is 0 Å². The predicted octanol–water partition coefficient (Wildman–Crippen LogP) is 1.72. The molecule has 2 rings (SSSR count). The van der Waals surface area contributed by atoms with E-state index in [1.807, 2.05) is 0 Å². The van der Waals surface area contributed by atoms with Crippen molar-refractivity contribution >= 4 is 28.5 Å². The van der Waals surface area contributed by atoms with Gasteiger partial charge in [0.15, 0.2) is 0 Å². The molecular weight excluding hydrogens is 264 g/mol. The Morgan fingerprint density at radius 2 is 1.63 bits per heavy atom. The molecule has 1 amide bonds. The van der Waals surface area contributed by atoms with Gasteiger partial charge in [-0.2, -0.15) is 0 Å². The van der Waals surface area contributed by atoms with Crippen LogP contribution in [0.2, 0.25) is 0 Å². The van der Waals surface area contributed by atoms with Crippen LogP contribution in [0.15, 0.2) is 54.6 Å². The summed E-state index contributed by atoms with van der Waals surface area (Å²) in [6.45, 7) is 0. The molecule has 0 fully saturated rings. The zero-order chi connectivity index (χ0) is 13.8. The molecule has 1 unspecified atom stereocenters. The Bertz CT molecular complexity index is 616. The van der Waals surface area contributed by atoms with Gasteiger partial charge in [0, 0.05) is 0 Å². The van der Waals surface area contributed by atoms with Crippen LogP contribution < -0.4 is 10.0 Å². The molecule has 6 heteroatoms. The fraction of sp³-hybridized carbons (Fsp3) is 0. The number of nitrogens with two attached hydrogens (primary N) is 1. The van der Waals surface area contributed by atoms with Gasteiger partial charge in [0.25, 0.3) is 5.91 Å². The molecule has 2 aromatic carbocycles. The van der Waals surface area contributed by atoms with Gasteiger partial charge >= 0.3 is 0 Å². The van der Waals surface area contributed by atoms with Crippen LogP contribution in [-0.2, 0) is 11.3 Å². The highest BCUT2D eigenvalue weighted by molar-refractivity contribution is 7.81. The van der Waals surface area contributed by atoms with Gasteiger partial charge < -0.3 is 10.3 Å². The first-order chi connectivity index (χ1) is 9.11. The Labute approximate surface area is 113 Å². The molecule has 0 aromatic heterocycles. The van der Waals surface area contributed by atoms with Gasteiger partial charge in [0.1, 0.15) is 0 Å². The highest BCUT2D eigenvalue weighted by atomic mass is 32.2. The van der Waals surface area contributed by atoms with Crippen molar-refractivity contribution < 1.29 is 13.6 Å². The van der Waals surface area contributed by atoms with Gasteiger partial charge in [-0.1, -0.05) is 30.3 Å². The molecule has 0 heterocycles. The molecule has 0 aliphatic rings. The van der Waals surface area contributed by atoms with E-state index >= 15 is 0 Å². The third kappa shape index (κ3) is 2.81. The average Bonchev–Trinajstić information content (AvgIpc) is 2.40. The summed E-state index contributed by atoms with van der Waals surface area (Å²) < 4.78 is 23.9. The topological polar surface area (TPSA) is 86.5 Å². The maximum Gasteiger partial charge on any atom is 0.250 e. The minimum atomic E-state index is -2.56. The number of anilines is 2.